The van der Waals surface area contributed by atoms with Crippen molar-refractivity contribution in [3.63, 3.8) is 0 Å². The van der Waals surface area contributed by atoms with Crippen LogP contribution in [0.5, 0.6) is 0 Å². The van der Waals surface area contributed by atoms with Crippen LogP contribution in [-0.2, 0) is 9.59 Å². The van der Waals surface area contributed by atoms with E-state index in [0.29, 0.717) is 6.54 Å². The molecule has 2 heterocycles. The first-order valence-electron chi connectivity index (χ1n) is 5.88. The third kappa shape index (κ3) is 3.04. The van der Waals surface area contributed by atoms with Crippen LogP contribution in [0.3, 0.4) is 0 Å². The molecule has 1 aromatic rings. The van der Waals surface area contributed by atoms with Gasteiger partial charge in [-0.25, -0.2) is 0 Å². The molecule has 2 atom stereocenters. The molecular weight excluding hydrogens is 232 g/mol. The molecule has 1 aliphatic heterocycles. The van der Waals surface area contributed by atoms with E-state index in [1.165, 1.54) is 0 Å². The second-order valence-electron chi connectivity index (χ2n) is 4.22. The summed E-state index contributed by atoms with van der Waals surface area (Å²) < 4.78 is 0. The Balaban J connectivity index is 1.89. The molecule has 0 spiro atoms. The van der Waals surface area contributed by atoms with Crippen LogP contribution in [0, 0.1) is 0 Å². The van der Waals surface area contributed by atoms with Crippen molar-refractivity contribution >= 4 is 11.8 Å². The molecule has 0 aromatic carbocycles. The second kappa shape index (κ2) is 5.59. The Bertz CT molecular complexity index is 425. The van der Waals surface area contributed by atoms with Crippen LogP contribution in [0.2, 0.25) is 0 Å². The van der Waals surface area contributed by atoms with Crippen molar-refractivity contribution in [2.24, 2.45) is 0 Å². The van der Waals surface area contributed by atoms with E-state index in [0.717, 1.165) is 5.69 Å². The van der Waals surface area contributed by atoms with E-state index in [-0.39, 0.29) is 30.4 Å². The number of carbonyl (C=O) groups excluding carboxylic acids is 2. The molecule has 0 radical (unpaired) electrons. The number of carbonyl (C=O) groups is 2. The van der Waals surface area contributed by atoms with Crippen molar-refractivity contribution in [1.29, 1.82) is 0 Å². The molecule has 96 valence electrons. The first kappa shape index (κ1) is 12.5. The predicted octanol–water partition coefficient (Wildman–Crippen LogP) is -0.653. The number of nitrogens with one attached hydrogen (secondary N) is 3. The topological polar surface area (TPSA) is 83.1 Å². The van der Waals surface area contributed by atoms with E-state index in [1.54, 1.807) is 6.20 Å². The zero-order valence-corrected chi connectivity index (χ0v) is 10.1. The number of amides is 2. The number of hydrogen-bond donors (Lipinski definition) is 3. The van der Waals surface area contributed by atoms with Gasteiger partial charge in [-0.15, -0.1) is 0 Å². The average Bonchev–Trinajstić information content (AvgIpc) is 2.40. The van der Waals surface area contributed by atoms with Crippen LogP contribution in [0.15, 0.2) is 24.4 Å². The molecule has 1 fully saturated rings. The number of piperazine rings is 1. The standard InChI is InChI=1S/C12H16N4O2/c1-8(9-4-2-3-5-13-9)16-12(18)10-6-15-11(17)7-14-10/h2-5,8,10,14H,6-7H2,1H3,(H,15,17)(H,16,18). The fourth-order valence-corrected chi connectivity index (χ4v) is 1.77. The lowest BCUT2D eigenvalue weighted by Crippen LogP contribution is -2.58. The maximum atomic E-state index is 11.9. The first-order chi connectivity index (χ1) is 8.66. The Labute approximate surface area is 105 Å². The highest BCUT2D eigenvalue weighted by Gasteiger charge is 2.24. The highest BCUT2D eigenvalue weighted by Crippen LogP contribution is 2.08. The van der Waals surface area contributed by atoms with Gasteiger partial charge in [-0.2, -0.15) is 0 Å². The van der Waals surface area contributed by atoms with Crippen molar-refractivity contribution in [3.05, 3.63) is 30.1 Å². The van der Waals surface area contributed by atoms with E-state index >= 15 is 0 Å². The highest BCUT2D eigenvalue weighted by molar-refractivity contribution is 5.86. The fraction of sp³-hybridized carbons (Fsp3) is 0.417. The molecule has 1 aliphatic rings. The van der Waals surface area contributed by atoms with E-state index in [4.69, 9.17) is 0 Å². The highest BCUT2D eigenvalue weighted by atomic mass is 16.2. The summed E-state index contributed by atoms with van der Waals surface area (Å²) in [5.74, 6) is -0.218. The zero-order valence-electron chi connectivity index (χ0n) is 10.1. The van der Waals surface area contributed by atoms with Crippen LogP contribution in [0.1, 0.15) is 18.7 Å². The predicted molar refractivity (Wildman–Crippen MR) is 65.6 cm³/mol. The summed E-state index contributed by atoms with van der Waals surface area (Å²) in [4.78, 5) is 27.1. The van der Waals surface area contributed by atoms with Crippen LogP contribution in [0.25, 0.3) is 0 Å². The SMILES string of the molecule is CC(NC(=O)C1CNC(=O)CN1)c1ccccn1. The van der Waals surface area contributed by atoms with Gasteiger partial charge >= 0.3 is 0 Å². The minimum Gasteiger partial charge on any atom is -0.353 e. The smallest absolute Gasteiger partial charge is 0.239 e. The summed E-state index contributed by atoms with van der Waals surface area (Å²) in [5, 5.41) is 8.39. The van der Waals surface area contributed by atoms with Crippen LogP contribution in [-0.4, -0.2) is 35.9 Å². The summed E-state index contributed by atoms with van der Waals surface area (Å²) in [6, 6.07) is 5.04. The van der Waals surface area contributed by atoms with Gasteiger partial charge < -0.3 is 10.6 Å². The van der Waals surface area contributed by atoms with Crippen LogP contribution < -0.4 is 16.0 Å². The molecule has 0 saturated carbocycles. The van der Waals surface area contributed by atoms with Crippen LogP contribution in [0.4, 0.5) is 0 Å². The molecule has 1 aromatic heterocycles. The Morgan fingerprint density at radius 3 is 3.00 bits per heavy atom. The van der Waals surface area contributed by atoms with Crippen molar-refractivity contribution < 1.29 is 9.59 Å². The maximum absolute atomic E-state index is 11.9. The van der Waals surface area contributed by atoms with Crippen molar-refractivity contribution in [1.82, 2.24) is 20.9 Å². The van der Waals surface area contributed by atoms with Gasteiger partial charge in [0.1, 0.15) is 6.04 Å². The lowest BCUT2D eigenvalue weighted by molar-refractivity contribution is -0.127. The number of aromatic nitrogens is 1. The molecule has 18 heavy (non-hydrogen) atoms. The Morgan fingerprint density at radius 1 is 1.56 bits per heavy atom. The normalized spacial score (nSPS) is 20.9. The van der Waals surface area contributed by atoms with Crippen LogP contribution >= 0.6 is 0 Å². The van der Waals surface area contributed by atoms with Gasteiger partial charge in [0, 0.05) is 12.7 Å². The summed E-state index contributed by atoms with van der Waals surface area (Å²) in [6.07, 6.45) is 1.69. The van der Waals surface area contributed by atoms with E-state index in [9.17, 15) is 9.59 Å². The maximum Gasteiger partial charge on any atom is 0.239 e. The number of hydrogen-bond acceptors (Lipinski definition) is 4. The quantitative estimate of drug-likeness (QED) is 0.663. The number of pyridine rings is 1. The molecule has 1 saturated heterocycles. The van der Waals surface area contributed by atoms with E-state index < -0.39 is 0 Å². The zero-order chi connectivity index (χ0) is 13.0. The minimum atomic E-state index is -0.381. The van der Waals surface area contributed by atoms with Gasteiger partial charge in [0.25, 0.3) is 0 Å². The van der Waals surface area contributed by atoms with Gasteiger partial charge in [0.2, 0.25) is 11.8 Å². The molecule has 0 bridgehead atoms. The van der Waals surface area contributed by atoms with E-state index in [1.807, 2.05) is 25.1 Å². The summed E-state index contributed by atoms with van der Waals surface area (Å²) in [7, 11) is 0. The van der Waals surface area contributed by atoms with Gasteiger partial charge in [-0.3, -0.25) is 19.9 Å². The molecule has 2 unspecified atom stereocenters. The van der Waals surface area contributed by atoms with Crippen molar-refractivity contribution in [2.75, 3.05) is 13.1 Å². The third-order valence-corrected chi connectivity index (χ3v) is 2.82. The van der Waals surface area contributed by atoms with E-state index in [2.05, 4.69) is 20.9 Å². The monoisotopic (exact) mass is 248 g/mol. The lowest BCUT2D eigenvalue weighted by Gasteiger charge is -2.24. The minimum absolute atomic E-state index is 0.0863. The summed E-state index contributed by atoms with van der Waals surface area (Å²) in [6.45, 7) is 2.37. The van der Waals surface area contributed by atoms with Gasteiger partial charge in [0.05, 0.1) is 18.3 Å². The number of rotatable bonds is 3. The van der Waals surface area contributed by atoms with Gasteiger partial charge in [-0.1, -0.05) is 6.07 Å². The molecule has 0 aliphatic carbocycles. The number of nitrogens with zero attached hydrogens (tertiary/aromatic N) is 1. The van der Waals surface area contributed by atoms with Crippen molar-refractivity contribution in [2.45, 2.75) is 19.0 Å². The molecule has 6 heteroatoms. The largest absolute Gasteiger partial charge is 0.353 e. The first-order valence-corrected chi connectivity index (χ1v) is 5.88. The van der Waals surface area contributed by atoms with Crippen molar-refractivity contribution in [3.8, 4) is 0 Å². The Hall–Kier alpha value is -1.95. The summed E-state index contributed by atoms with van der Waals surface area (Å²) >= 11 is 0. The third-order valence-electron chi connectivity index (χ3n) is 2.82. The Morgan fingerprint density at radius 2 is 2.39 bits per heavy atom. The molecule has 2 rings (SSSR count). The molecule has 3 N–H and O–H groups in total. The molecule has 2 amide bonds. The molecule has 6 nitrogen and oxygen atoms in total. The fourth-order valence-electron chi connectivity index (χ4n) is 1.77. The Kier molecular flexibility index (Phi) is 3.88. The lowest BCUT2D eigenvalue weighted by atomic mass is 10.1. The van der Waals surface area contributed by atoms with Gasteiger partial charge in [-0.05, 0) is 19.1 Å². The molecular formula is C12H16N4O2. The second-order valence-corrected chi connectivity index (χ2v) is 4.22. The van der Waals surface area contributed by atoms with Gasteiger partial charge in [0.15, 0.2) is 0 Å². The average molecular weight is 248 g/mol. The summed E-state index contributed by atoms with van der Waals surface area (Å²) in [5.41, 5.74) is 0.811.